The van der Waals surface area contributed by atoms with Gasteiger partial charge in [0, 0.05) is 20.3 Å². The smallest absolute Gasteiger partial charge is 0.117 e. The minimum atomic E-state index is 0.0558. The van der Waals surface area contributed by atoms with E-state index in [0.717, 1.165) is 6.42 Å². The van der Waals surface area contributed by atoms with Gasteiger partial charge in [0.15, 0.2) is 0 Å². The Morgan fingerprint density at radius 1 is 1.15 bits per heavy atom. The molecule has 0 amide bonds. The lowest BCUT2D eigenvalue weighted by molar-refractivity contribution is 0.0561. The van der Waals surface area contributed by atoms with Crippen LogP contribution in [-0.2, 0) is 14.2 Å². The predicted octanol–water partition coefficient (Wildman–Crippen LogP) is -0.00793. The lowest BCUT2D eigenvalue weighted by Crippen LogP contribution is -2.18. The van der Waals surface area contributed by atoms with Crippen LogP contribution in [0.4, 0.5) is 0 Å². The summed E-state index contributed by atoms with van der Waals surface area (Å²) in [6.07, 6.45) is 0.816. The average molecular weight is 190 g/mol. The van der Waals surface area contributed by atoms with Crippen LogP contribution in [-0.4, -0.2) is 46.0 Å². The summed E-state index contributed by atoms with van der Waals surface area (Å²) in [6.45, 7) is 2.67. The zero-order valence-corrected chi connectivity index (χ0v) is 8.04. The SMILES string of the molecule is COCCOCCCOCC(=N)N. The lowest BCUT2D eigenvalue weighted by atomic mass is 10.5. The Labute approximate surface area is 78.7 Å². The first-order valence-electron chi connectivity index (χ1n) is 4.24. The molecule has 0 fully saturated rings. The number of hydrogen-bond acceptors (Lipinski definition) is 4. The van der Waals surface area contributed by atoms with E-state index in [-0.39, 0.29) is 12.4 Å². The van der Waals surface area contributed by atoms with E-state index in [4.69, 9.17) is 25.4 Å². The number of amidine groups is 1. The maximum Gasteiger partial charge on any atom is 0.117 e. The molecule has 0 saturated carbocycles. The second kappa shape index (κ2) is 9.44. The number of nitrogens with two attached hydrogens (primary N) is 1. The molecular formula is C8H18N2O3. The number of methoxy groups -OCH3 is 1. The molecule has 0 rings (SSSR count). The average Bonchev–Trinajstić information content (AvgIpc) is 2.09. The highest BCUT2D eigenvalue weighted by atomic mass is 16.5. The van der Waals surface area contributed by atoms with Crippen molar-refractivity contribution < 1.29 is 14.2 Å². The number of hydrogen-bond donors (Lipinski definition) is 2. The van der Waals surface area contributed by atoms with E-state index in [2.05, 4.69) is 0 Å². The Morgan fingerprint density at radius 3 is 2.46 bits per heavy atom. The molecule has 3 N–H and O–H groups in total. The summed E-state index contributed by atoms with van der Waals surface area (Å²) in [6, 6.07) is 0. The second-order valence-electron chi connectivity index (χ2n) is 2.54. The minimum Gasteiger partial charge on any atom is -0.386 e. The topological polar surface area (TPSA) is 77.6 Å². The summed E-state index contributed by atoms with van der Waals surface area (Å²) in [4.78, 5) is 0. The Kier molecular flexibility index (Phi) is 8.97. The first-order chi connectivity index (χ1) is 6.27. The molecule has 0 radical (unpaired) electrons. The summed E-state index contributed by atoms with van der Waals surface area (Å²) < 4.78 is 15.0. The molecule has 78 valence electrons. The molecule has 0 bridgehead atoms. The highest BCUT2D eigenvalue weighted by molar-refractivity contribution is 5.78. The van der Waals surface area contributed by atoms with Crippen LogP contribution in [0.2, 0.25) is 0 Å². The van der Waals surface area contributed by atoms with Crippen molar-refractivity contribution >= 4 is 5.84 Å². The van der Waals surface area contributed by atoms with E-state index < -0.39 is 0 Å². The fourth-order valence-electron chi connectivity index (χ4n) is 0.689. The fourth-order valence-corrected chi connectivity index (χ4v) is 0.689. The van der Waals surface area contributed by atoms with Gasteiger partial charge in [0.1, 0.15) is 12.4 Å². The standard InChI is InChI=1S/C8H18N2O3/c1-11-5-6-12-3-2-4-13-7-8(9)10/h2-7H2,1H3,(H3,9,10). The van der Waals surface area contributed by atoms with Gasteiger partial charge in [0.2, 0.25) is 0 Å². The van der Waals surface area contributed by atoms with Gasteiger partial charge in [0.25, 0.3) is 0 Å². The Morgan fingerprint density at radius 2 is 1.85 bits per heavy atom. The van der Waals surface area contributed by atoms with Gasteiger partial charge in [-0.25, -0.2) is 0 Å². The number of rotatable bonds is 9. The third kappa shape index (κ3) is 11.3. The van der Waals surface area contributed by atoms with Crippen molar-refractivity contribution in [1.82, 2.24) is 0 Å². The first kappa shape index (κ1) is 12.3. The van der Waals surface area contributed by atoms with Crippen LogP contribution in [0, 0.1) is 5.41 Å². The first-order valence-corrected chi connectivity index (χ1v) is 4.24. The molecule has 5 heteroatoms. The summed E-state index contributed by atoms with van der Waals surface area (Å²) in [5, 5.41) is 6.87. The number of nitrogens with one attached hydrogen (secondary N) is 1. The van der Waals surface area contributed by atoms with Crippen LogP contribution >= 0.6 is 0 Å². The molecule has 0 aliphatic carbocycles. The molecule has 0 heterocycles. The van der Waals surface area contributed by atoms with Crippen molar-refractivity contribution in [3.05, 3.63) is 0 Å². The van der Waals surface area contributed by atoms with Crippen LogP contribution in [0.15, 0.2) is 0 Å². The molecule has 13 heavy (non-hydrogen) atoms. The zero-order valence-electron chi connectivity index (χ0n) is 8.04. The summed E-state index contributed by atoms with van der Waals surface area (Å²) in [5.74, 6) is 0.0558. The van der Waals surface area contributed by atoms with E-state index in [1.807, 2.05) is 0 Å². The highest BCUT2D eigenvalue weighted by Crippen LogP contribution is 1.85. The maximum atomic E-state index is 6.87. The molecule has 0 aliphatic heterocycles. The minimum absolute atomic E-state index is 0.0558. The Hall–Kier alpha value is -0.650. The van der Waals surface area contributed by atoms with Crippen LogP contribution in [0.25, 0.3) is 0 Å². The largest absolute Gasteiger partial charge is 0.386 e. The van der Waals surface area contributed by atoms with E-state index in [9.17, 15) is 0 Å². The predicted molar refractivity (Wildman–Crippen MR) is 50.0 cm³/mol. The highest BCUT2D eigenvalue weighted by Gasteiger charge is 1.91. The molecule has 0 atom stereocenters. The van der Waals surface area contributed by atoms with Crippen molar-refractivity contribution in [3.8, 4) is 0 Å². The Balaban J connectivity index is 2.87. The van der Waals surface area contributed by atoms with E-state index in [0.29, 0.717) is 26.4 Å². The van der Waals surface area contributed by atoms with Crippen molar-refractivity contribution in [3.63, 3.8) is 0 Å². The zero-order chi connectivity index (χ0) is 9.94. The van der Waals surface area contributed by atoms with Crippen molar-refractivity contribution in [2.45, 2.75) is 6.42 Å². The van der Waals surface area contributed by atoms with Gasteiger partial charge in [-0.3, -0.25) is 5.41 Å². The van der Waals surface area contributed by atoms with Gasteiger partial charge < -0.3 is 19.9 Å². The van der Waals surface area contributed by atoms with Crippen LogP contribution in [0.3, 0.4) is 0 Å². The molecular weight excluding hydrogens is 172 g/mol. The van der Waals surface area contributed by atoms with E-state index >= 15 is 0 Å². The van der Waals surface area contributed by atoms with Gasteiger partial charge in [-0.1, -0.05) is 0 Å². The summed E-state index contributed by atoms with van der Waals surface area (Å²) >= 11 is 0. The third-order valence-electron chi connectivity index (χ3n) is 1.27. The second-order valence-corrected chi connectivity index (χ2v) is 2.54. The third-order valence-corrected chi connectivity index (χ3v) is 1.27. The number of ether oxygens (including phenoxy) is 3. The van der Waals surface area contributed by atoms with Gasteiger partial charge in [-0.2, -0.15) is 0 Å². The fraction of sp³-hybridized carbons (Fsp3) is 0.875. The summed E-state index contributed by atoms with van der Waals surface area (Å²) in [7, 11) is 1.64. The van der Waals surface area contributed by atoms with Crippen molar-refractivity contribution in [2.75, 3.05) is 40.1 Å². The van der Waals surface area contributed by atoms with Gasteiger partial charge in [-0.15, -0.1) is 0 Å². The Bertz CT molecular complexity index is 131. The van der Waals surface area contributed by atoms with Crippen molar-refractivity contribution in [2.24, 2.45) is 5.73 Å². The molecule has 0 saturated heterocycles. The van der Waals surface area contributed by atoms with Gasteiger partial charge >= 0.3 is 0 Å². The monoisotopic (exact) mass is 190 g/mol. The van der Waals surface area contributed by atoms with E-state index in [1.165, 1.54) is 0 Å². The molecule has 0 aromatic heterocycles. The van der Waals surface area contributed by atoms with Crippen LogP contribution in [0.1, 0.15) is 6.42 Å². The maximum absolute atomic E-state index is 6.87. The van der Waals surface area contributed by atoms with Crippen molar-refractivity contribution in [1.29, 1.82) is 5.41 Å². The molecule has 0 unspecified atom stereocenters. The van der Waals surface area contributed by atoms with Crippen LogP contribution < -0.4 is 5.73 Å². The van der Waals surface area contributed by atoms with Crippen LogP contribution in [0.5, 0.6) is 0 Å². The molecule has 0 aromatic carbocycles. The summed E-state index contributed by atoms with van der Waals surface area (Å²) in [5.41, 5.74) is 5.08. The normalized spacial score (nSPS) is 10.2. The lowest BCUT2D eigenvalue weighted by Gasteiger charge is -2.04. The van der Waals surface area contributed by atoms with E-state index in [1.54, 1.807) is 7.11 Å². The van der Waals surface area contributed by atoms with Gasteiger partial charge in [0.05, 0.1) is 13.2 Å². The molecule has 5 nitrogen and oxygen atoms in total. The molecule has 0 aliphatic rings. The quantitative estimate of drug-likeness (QED) is 0.304. The van der Waals surface area contributed by atoms with Gasteiger partial charge in [-0.05, 0) is 6.42 Å². The molecule has 0 spiro atoms. The molecule has 0 aromatic rings.